The van der Waals surface area contributed by atoms with Crippen LogP contribution in [0.2, 0.25) is 0 Å². The first-order chi connectivity index (χ1) is 16.6. The number of hydrogen-bond acceptors (Lipinski definition) is 4. The second kappa shape index (κ2) is 10.0. The molecule has 5 rings (SSSR count). The molecule has 3 aromatic rings. The molecule has 1 saturated carbocycles. The van der Waals surface area contributed by atoms with Gasteiger partial charge in [0.05, 0.1) is 6.04 Å². The number of aryl methyl sites for hydroxylation is 1. The Morgan fingerprint density at radius 3 is 2.59 bits per heavy atom. The number of thiophene rings is 1. The van der Waals surface area contributed by atoms with Crippen LogP contribution in [0.25, 0.3) is 0 Å². The number of hydrogen-bond donors (Lipinski definition) is 0. The Bertz CT molecular complexity index is 1160. The fourth-order valence-corrected chi connectivity index (χ4v) is 5.56. The Labute approximate surface area is 205 Å². The lowest BCUT2D eigenvalue weighted by molar-refractivity contribution is -0.135. The molecule has 5 nitrogen and oxygen atoms in total. The average molecular weight is 475 g/mol. The van der Waals surface area contributed by atoms with Crippen molar-refractivity contribution in [2.24, 2.45) is 5.92 Å². The highest BCUT2D eigenvalue weighted by molar-refractivity contribution is 7.10. The van der Waals surface area contributed by atoms with Crippen LogP contribution in [0.1, 0.15) is 45.2 Å². The zero-order valence-corrected chi connectivity index (χ0v) is 20.3. The number of para-hydroxylation sites is 1. The van der Waals surface area contributed by atoms with Crippen LogP contribution in [0.5, 0.6) is 5.75 Å². The highest BCUT2D eigenvalue weighted by Crippen LogP contribution is 2.35. The molecule has 2 aliphatic rings. The van der Waals surface area contributed by atoms with E-state index in [1.807, 2.05) is 66.4 Å². The van der Waals surface area contributed by atoms with E-state index in [4.69, 9.17) is 4.74 Å². The number of nitrogens with zero attached hydrogens (tertiary/aromatic N) is 2. The molecule has 1 fully saturated rings. The van der Waals surface area contributed by atoms with Crippen LogP contribution >= 0.6 is 11.3 Å². The summed E-state index contributed by atoms with van der Waals surface area (Å²) in [6, 6.07) is 19.3. The standard InChI is InChI=1S/C28H30N2O3S/c1-20-7-5-6-10-23(20)28(32)29(17-21-11-12-21)18-27(31)30-15-13-26-24(14-16-34-26)25(30)19-33-22-8-3-2-4-9-22/h2-10,14,16,21,25H,11-13,15,17-19H2,1H3/t25-/m0/s1. The van der Waals surface area contributed by atoms with E-state index in [2.05, 4.69) is 11.4 Å². The lowest BCUT2D eigenvalue weighted by Gasteiger charge is -2.37. The van der Waals surface area contributed by atoms with Gasteiger partial charge in [-0.05, 0) is 72.9 Å². The van der Waals surface area contributed by atoms with Crippen LogP contribution in [0.3, 0.4) is 0 Å². The minimum Gasteiger partial charge on any atom is -0.491 e. The summed E-state index contributed by atoms with van der Waals surface area (Å²) in [5, 5.41) is 2.09. The first kappa shape index (κ1) is 22.7. The molecule has 176 valence electrons. The smallest absolute Gasteiger partial charge is 0.254 e. The average Bonchev–Trinajstić information content (AvgIpc) is 3.54. The summed E-state index contributed by atoms with van der Waals surface area (Å²) >= 11 is 1.74. The minimum absolute atomic E-state index is 0.0129. The van der Waals surface area contributed by atoms with E-state index in [-0.39, 0.29) is 24.4 Å². The normalized spacial score (nSPS) is 17.2. The first-order valence-electron chi connectivity index (χ1n) is 12.0. The summed E-state index contributed by atoms with van der Waals surface area (Å²) in [6.45, 7) is 3.73. The Kier molecular flexibility index (Phi) is 6.68. The maximum Gasteiger partial charge on any atom is 0.254 e. The highest BCUT2D eigenvalue weighted by atomic mass is 32.1. The van der Waals surface area contributed by atoms with Crippen LogP contribution < -0.4 is 4.74 Å². The van der Waals surface area contributed by atoms with E-state index in [9.17, 15) is 9.59 Å². The third-order valence-electron chi connectivity index (χ3n) is 6.73. The third kappa shape index (κ3) is 5.02. The molecule has 0 radical (unpaired) electrons. The lowest BCUT2D eigenvalue weighted by atomic mass is 10.00. The highest BCUT2D eigenvalue weighted by Gasteiger charge is 2.35. The summed E-state index contributed by atoms with van der Waals surface area (Å²) in [5.74, 6) is 1.23. The molecule has 1 aliphatic carbocycles. The summed E-state index contributed by atoms with van der Waals surface area (Å²) < 4.78 is 6.09. The van der Waals surface area contributed by atoms with Crippen molar-refractivity contribution in [3.8, 4) is 5.75 Å². The zero-order chi connectivity index (χ0) is 23.5. The van der Waals surface area contributed by atoms with Crippen molar-refractivity contribution < 1.29 is 14.3 Å². The summed E-state index contributed by atoms with van der Waals surface area (Å²) in [7, 11) is 0. The summed E-state index contributed by atoms with van der Waals surface area (Å²) in [4.78, 5) is 32.1. The fourth-order valence-electron chi connectivity index (χ4n) is 4.64. The monoisotopic (exact) mass is 474 g/mol. The number of amides is 2. The molecule has 1 atom stereocenters. The molecular weight excluding hydrogens is 444 g/mol. The van der Waals surface area contributed by atoms with Crippen LogP contribution in [0.15, 0.2) is 66.0 Å². The largest absolute Gasteiger partial charge is 0.491 e. The van der Waals surface area contributed by atoms with E-state index in [0.717, 1.165) is 30.6 Å². The second-order valence-corrected chi connectivity index (χ2v) is 10.2. The van der Waals surface area contributed by atoms with Crippen molar-refractivity contribution in [3.05, 3.63) is 87.6 Å². The van der Waals surface area contributed by atoms with Crippen LogP contribution in [-0.4, -0.2) is 47.9 Å². The number of fused-ring (bicyclic) bond motifs is 1. The van der Waals surface area contributed by atoms with E-state index in [0.29, 0.717) is 31.2 Å². The van der Waals surface area contributed by atoms with Gasteiger partial charge in [-0.25, -0.2) is 0 Å². The quantitative estimate of drug-likeness (QED) is 0.456. The molecule has 0 bridgehead atoms. The SMILES string of the molecule is Cc1ccccc1C(=O)N(CC(=O)N1CCc2sccc2[C@@H]1COc1ccccc1)CC1CC1. The molecule has 2 heterocycles. The van der Waals surface area contributed by atoms with Crippen molar-refractivity contribution in [2.45, 2.75) is 32.2 Å². The van der Waals surface area contributed by atoms with Crippen molar-refractivity contribution in [3.63, 3.8) is 0 Å². The summed E-state index contributed by atoms with van der Waals surface area (Å²) in [6.07, 6.45) is 3.09. The van der Waals surface area contributed by atoms with Crippen molar-refractivity contribution in [1.29, 1.82) is 0 Å². The molecule has 0 unspecified atom stereocenters. The number of carbonyl (C=O) groups is 2. The number of carbonyl (C=O) groups excluding carboxylic acids is 2. The van der Waals surface area contributed by atoms with Gasteiger partial charge in [-0.1, -0.05) is 36.4 Å². The van der Waals surface area contributed by atoms with Gasteiger partial charge >= 0.3 is 0 Å². The zero-order valence-electron chi connectivity index (χ0n) is 19.5. The number of benzene rings is 2. The van der Waals surface area contributed by atoms with E-state index < -0.39 is 0 Å². The number of ether oxygens (including phenoxy) is 1. The molecule has 1 aliphatic heterocycles. The molecule has 0 N–H and O–H groups in total. The maximum absolute atomic E-state index is 13.7. The lowest BCUT2D eigenvalue weighted by Crippen LogP contribution is -2.48. The van der Waals surface area contributed by atoms with Gasteiger partial charge in [-0.2, -0.15) is 0 Å². The molecule has 0 spiro atoms. The van der Waals surface area contributed by atoms with E-state index >= 15 is 0 Å². The predicted molar refractivity (Wildman–Crippen MR) is 134 cm³/mol. The van der Waals surface area contributed by atoms with Gasteiger partial charge in [0.15, 0.2) is 0 Å². The van der Waals surface area contributed by atoms with Gasteiger partial charge in [-0.15, -0.1) is 11.3 Å². The number of rotatable bonds is 8. The predicted octanol–water partition coefficient (Wildman–Crippen LogP) is 5.11. The van der Waals surface area contributed by atoms with Crippen molar-refractivity contribution >= 4 is 23.2 Å². The van der Waals surface area contributed by atoms with Gasteiger partial charge in [0.1, 0.15) is 18.9 Å². The van der Waals surface area contributed by atoms with Gasteiger partial charge < -0.3 is 14.5 Å². The molecule has 6 heteroatoms. The second-order valence-electron chi connectivity index (χ2n) is 9.22. The summed E-state index contributed by atoms with van der Waals surface area (Å²) in [5.41, 5.74) is 2.79. The molecule has 0 saturated heterocycles. The Balaban J connectivity index is 1.35. The Morgan fingerprint density at radius 1 is 1.06 bits per heavy atom. The molecular formula is C28H30N2O3S. The Morgan fingerprint density at radius 2 is 1.82 bits per heavy atom. The van der Waals surface area contributed by atoms with Crippen LogP contribution in [-0.2, 0) is 11.2 Å². The molecule has 2 amide bonds. The maximum atomic E-state index is 13.7. The van der Waals surface area contributed by atoms with Gasteiger partial charge in [-0.3, -0.25) is 9.59 Å². The molecule has 34 heavy (non-hydrogen) atoms. The fraction of sp³-hybridized carbons (Fsp3) is 0.357. The van der Waals surface area contributed by atoms with Gasteiger partial charge in [0.25, 0.3) is 5.91 Å². The molecule has 1 aromatic heterocycles. The van der Waals surface area contributed by atoms with Crippen molar-refractivity contribution in [2.75, 3.05) is 26.2 Å². The van der Waals surface area contributed by atoms with E-state index in [1.165, 1.54) is 10.4 Å². The third-order valence-corrected chi connectivity index (χ3v) is 7.73. The van der Waals surface area contributed by atoms with E-state index in [1.54, 1.807) is 16.2 Å². The minimum atomic E-state index is -0.154. The Hall–Kier alpha value is -3.12. The van der Waals surface area contributed by atoms with Crippen molar-refractivity contribution in [1.82, 2.24) is 9.80 Å². The van der Waals surface area contributed by atoms with Crippen LogP contribution in [0.4, 0.5) is 0 Å². The van der Waals surface area contributed by atoms with Crippen LogP contribution in [0, 0.1) is 12.8 Å². The van der Waals surface area contributed by atoms with Gasteiger partial charge in [0.2, 0.25) is 5.91 Å². The first-order valence-corrected chi connectivity index (χ1v) is 12.9. The van der Waals surface area contributed by atoms with Gasteiger partial charge in [0, 0.05) is 23.5 Å². The topological polar surface area (TPSA) is 49.9 Å². The molecule has 2 aromatic carbocycles.